The van der Waals surface area contributed by atoms with Gasteiger partial charge in [-0.3, -0.25) is 0 Å². The van der Waals surface area contributed by atoms with Crippen LogP contribution in [0.1, 0.15) is 31.4 Å². The predicted octanol–water partition coefficient (Wildman–Crippen LogP) is 1.90. The van der Waals surface area contributed by atoms with Crippen LogP contribution in [-0.2, 0) is 4.74 Å². The van der Waals surface area contributed by atoms with Crippen molar-refractivity contribution in [2.24, 2.45) is 0 Å². The van der Waals surface area contributed by atoms with E-state index in [9.17, 15) is 5.11 Å². The first-order chi connectivity index (χ1) is 10.1. The largest absolute Gasteiger partial charge is 0.493 e. The second kappa shape index (κ2) is 7.11. The molecule has 0 bridgehead atoms. The smallest absolute Gasteiger partial charge is 0.161 e. The molecule has 118 valence electrons. The molecule has 0 spiro atoms. The molecule has 1 unspecified atom stereocenters. The van der Waals surface area contributed by atoms with Crippen molar-refractivity contribution in [2.75, 3.05) is 34.0 Å². The molecule has 1 aliphatic rings. The van der Waals surface area contributed by atoms with E-state index in [1.165, 1.54) is 0 Å². The van der Waals surface area contributed by atoms with Crippen molar-refractivity contribution in [3.63, 3.8) is 0 Å². The average molecular weight is 295 g/mol. The Morgan fingerprint density at radius 1 is 1.24 bits per heavy atom. The first-order valence-corrected chi connectivity index (χ1v) is 7.33. The maximum Gasteiger partial charge on any atom is 0.161 e. The number of rotatable bonds is 6. The van der Waals surface area contributed by atoms with Gasteiger partial charge in [0.15, 0.2) is 11.5 Å². The van der Waals surface area contributed by atoms with Gasteiger partial charge >= 0.3 is 0 Å². The topological polar surface area (TPSA) is 60.0 Å². The molecule has 0 amide bonds. The molecule has 1 aliphatic heterocycles. The number of hydrogen-bond acceptors (Lipinski definition) is 5. The molecule has 1 atom stereocenters. The van der Waals surface area contributed by atoms with Gasteiger partial charge in [0.1, 0.15) is 0 Å². The van der Waals surface area contributed by atoms with Crippen molar-refractivity contribution in [3.05, 3.63) is 23.8 Å². The summed E-state index contributed by atoms with van der Waals surface area (Å²) in [5.41, 5.74) is 0.437. The molecular weight excluding hydrogens is 270 g/mol. The summed E-state index contributed by atoms with van der Waals surface area (Å²) in [6.45, 7) is 3.89. The van der Waals surface area contributed by atoms with Gasteiger partial charge in [0.2, 0.25) is 0 Å². The summed E-state index contributed by atoms with van der Waals surface area (Å²) in [5.74, 6) is 1.44. The van der Waals surface area contributed by atoms with Gasteiger partial charge in [0.25, 0.3) is 0 Å². The van der Waals surface area contributed by atoms with E-state index >= 15 is 0 Å². The molecule has 0 saturated carbocycles. The molecule has 1 saturated heterocycles. The normalized spacial score (nSPS) is 19.0. The average Bonchev–Trinajstić information content (AvgIpc) is 2.52. The summed E-state index contributed by atoms with van der Waals surface area (Å²) in [5, 5.41) is 13.9. The third-order valence-electron chi connectivity index (χ3n) is 4.07. The highest BCUT2D eigenvalue weighted by atomic mass is 16.5. The minimum Gasteiger partial charge on any atom is -0.493 e. The lowest BCUT2D eigenvalue weighted by molar-refractivity contribution is -0.0626. The van der Waals surface area contributed by atoms with E-state index in [1.807, 2.05) is 18.2 Å². The van der Waals surface area contributed by atoms with E-state index in [0.717, 1.165) is 11.3 Å². The number of ether oxygens (including phenoxy) is 3. The van der Waals surface area contributed by atoms with Crippen LogP contribution in [0.15, 0.2) is 18.2 Å². The number of benzene rings is 1. The van der Waals surface area contributed by atoms with E-state index in [4.69, 9.17) is 14.2 Å². The van der Waals surface area contributed by atoms with Crippen molar-refractivity contribution in [1.29, 1.82) is 0 Å². The molecule has 1 aromatic rings. The van der Waals surface area contributed by atoms with Gasteiger partial charge in [-0.15, -0.1) is 0 Å². The summed E-state index contributed by atoms with van der Waals surface area (Å²) in [6, 6.07) is 5.99. The SMILES string of the molecule is COc1ccc(C(C)NCC2(O)CCOCC2)cc1OC. The Hall–Kier alpha value is -1.30. The van der Waals surface area contributed by atoms with Crippen LogP contribution in [0.3, 0.4) is 0 Å². The number of methoxy groups -OCH3 is 2. The molecule has 1 aromatic carbocycles. The Morgan fingerprint density at radius 2 is 1.90 bits per heavy atom. The molecule has 2 rings (SSSR count). The monoisotopic (exact) mass is 295 g/mol. The van der Waals surface area contributed by atoms with Crippen LogP contribution in [0.4, 0.5) is 0 Å². The quantitative estimate of drug-likeness (QED) is 0.839. The molecular formula is C16H25NO4. The van der Waals surface area contributed by atoms with Crippen LogP contribution in [0.25, 0.3) is 0 Å². The highest BCUT2D eigenvalue weighted by Gasteiger charge is 2.29. The van der Waals surface area contributed by atoms with Gasteiger partial charge in [-0.1, -0.05) is 6.07 Å². The highest BCUT2D eigenvalue weighted by Crippen LogP contribution is 2.30. The fourth-order valence-electron chi connectivity index (χ4n) is 2.51. The summed E-state index contributed by atoms with van der Waals surface area (Å²) in [4.78, 5) is 0. The van der Waals surface area contributed by atoms with Crippen molar-refractivity contribution in [3.8, 4) is 11.5 Å². The molecule has 5 heteroatoms. The molecule has 0 radical (unpaired) electrons. The molecule has 1 fully saturated rings. The summed E-state index contributed by atoms with van der Waals surface area (Å²) < 4.78 is 15.9. The van der Waals surface area contributed by atoms with E-state index in [2.05, 4.69) is 12.2 Å². The molecule has 2 N–H and O–H groups in total. The number of aliphatic hydroxyl groups is 1. The van der Waals surface area contributed by atoms with Crippen LogP contribution in [0.2, 0.25) is 0 Å². The van der Waals surface area contributed by atoms with E-state index < -0.39 is 5.60 Å². The van der Waals surface area contributed by atoms with Crippen molar-refractivity contribution in [1.82, 2.24) is 5.32 Å². The molecule has 0 aromatic heterocycles. The van der Waals surface area contributed by atoms with E-state index in [1.54, 1.807) is 14.2 Å². The van der Waals surface area contributed by atoms with Gasteiger partial charge in [-0.25, -0.2) is 0 Å². The Kier molecular flexibility index (Phi) is 5.45. The minimum absolute atomic E-state index is 0.122. The standard InChI is InChI=1S/C16H25NO4/c1-12(17-11-16(18)6-8-21-9-7-16)13-4-5-14(19-2)15(10-13)20-3/h4-5,10,12,17-18H,6-9,11H2,1-3H3. The van der Waals surface area contributed by atoms with Gasteiger partial charge < -0.3 is 24.6 Å². The molecule has 5 nitrogen and oxygen atoms in total. The van der Waals surface area contributed by atoms with Crippen LogP contribution in [0, 0.1) is 0 Å². The predicted molar refractivity (Wildman–Crippen MR) is 81.0 cm³/mol. The van der Waals surface area contributed by atoms with Gasteiger partial charge in [-0.05, 0) is 24.6 Å². The molecule has 1 heterocycles. The summed E-state index contributed by atoms with van der Waals surface area (Å²) >= 11 is 0. The minimum atomic E-state index is -0.664. The zero-order valence-electron chi connectivity index (χ0n) is 13.0. The van der Waals surface area contributed by atoms with Crippen molar-refractivity contribution < 1.29 is 19.3 Å². The maximum atomic E-state index is 10.5. The fraction of sp³-hybridized carbons (Fsp3) is 0.625. The third kappa shape index (κ3) is 4.09. The zero-order valence-corrected chi connectivity index (χ0v) is 13.0. The van der Waals surface area contributed by atoms with Crippen LogP contribution < -0.4 is 14.8 Å². The van der Waals surface area contributed by atoms with Crippen molar-refractivity contribution in [2.45, 2.75) is 31.4 Å². The van der Waals surface area contributed by atoms with Crippen LogP contribution in [-0.4, -0.2) is 44.7 Å². The van der Waals surface area contributed by atoms with Gasteiger partial charge in [0, 0.05) is 38.6 Å². The summed E-state index contributed by atoms with van der Waals surface area (Å²) in [7, 11) is 3.25. The Morgan fingerprint density at radius 3 is 2.52 bits per heavy atom. The highest BCUT2D eigenvalue weighted by molar-refractivity contribution is 5.43. The second-order valence-corrected chi connectivity index (χ2v) is 5.55. The van der Waals surface area contributed by atoms with E-state index in [-0.39, 0.29) is 6.04 Å². The second-order valence-electron chi connectivity index (χ2n) is 5.55. The third-order valence-corrected chi connectivity index (χ3v) is 4.07. The maximum absolute atomic E-state index is 10.5. The zero-order chi connectivity index (χ0) is 15.3. The van der Waals surface area contributed by atoms with Gasteiger partial charge in [0.05, 0.1) is 19.8 Å². The molecule has 0 aliphatic carbocycles. The lowest BCUT2D eigenvalue weighted by atomic mass is 9.94. The van der Waals surface area contributed by atoms with Crippen LogP contribution >= 0.6 is 0 Å². The number of nitrogens with one attached hydrogen (secondary N) is 1. The fourth-order valence-corrected chi connectivity index (χ4v) is 2.51. The lowest BCUT2D eigenvalue weighted by Gasteiger charge is -2.33. The summed E-state index contributed by atoms with van der Waals surface area (Å²) in [6.07, 6.45) is 1.36. The Labute approximate surface area is 126 Å². The van der Waals surface area contributed by atoms with Crippen LogP contribution in [0.5, 0.6) is 11.5 Å². The Bertz CT molecular complexity index is 458. The Balaban J connectivity index is 1.98. The van der Waals surface area contributed by atoms with Crippen molar-refractivity contribution >= 4 is 0 Å². The first kappa shape index (κ1) is 16.1. The first-order valence-electron chi connectivity index (χ1n) is 7.33. The number of hydrogen-bond donors (Lipinski definition) is 2. The molecule has 21 heavy (non-hydrogen) atoms. The van der Waals surface area contributed by atoms with Gasteiger partial charge in [-0.2, -0.15) is 0 Å². The van der Waals surface area contributed by atoms with E-state index in [0.29, 0.717) is 38.3 Å². The lowest BCUT2D eigenvalue weighted by Crippen LogP contribution is -2.45.